The summed E-state index contributed by atoms with van der Waals surface area (Å²) in [5, 5.41) is 4.02. The van der Waals surface area contributed by atoms with E-state index in [0.29, 0.717) is 36.0 Å². The minimum atomic E-state index is -0.503. The second kappa shape index (κ2) is 6.74. The summed E-state index contributed by atoms with van der Waals surface area (Å²) < 4.78 is 12.3. The maximum Gasteiger partial charge on any atom is 0.342 e. The van der Waals surface area contributed by atoms with E-state index < -0.39 is 5.97 Å². The van der Waals surface area contributed by atoms with Gasteiger partial charge < -0.3 is 15.2 Å². The van der Waals surface area contributed by atoms with Crippen molar-refractivity contribution in [1.82, 2.24) is 14.8 Å². The largest absolute Gasteiger partial charge is 0.491 e. The van der Waals surface area contributed by atoms with Crippen molar-refractivity contribution in [1.29, 1.82) is 0 Å². The average Bonchev–Trinajstić information content (AvgIpc) is 2.94. The molecule has 7 nitrogen and oxygen atoms in total. The summed E-state index contributed by atoms with van der Waals surface area (Å²) in [6.07, 6.45) is 1.43. The number of carbonyl (C=O) groups excluding carboxylic acids is 1. The van der Waals surface area contributed by atoms with E-state index in [2.05, 4.69) is 10.1 Å². The Bertz CT molecular complexity index is 624. The van der Waals surface area contributed by atoms with Crippen molar-refractivity contribution >= 4 is 11.7 Å². The number of nitrogens with two attached hydrogens (primary N) is 1. The first-order valence-corrected chi connectivity index (χ1v) is 6.72. The van der Waals surface area contributed by atoms with Crippen molar-refractivity contribution in [2.75, 3.05) is 12.3 Å². The molecule has 112 valence electrons. The summed E-state index contributed by atoms with van der Waals surface area (Å²) in [6, 6.07) is 4.98. The number of anilines is 1. The van der Waals surface area contributed by atoms with E-state index in [1.54, 1.807) is 22.9 Å². The first kappa shape index (κ1) is 14.8. The fourth-order valence-corrected chi connectivity index (χ4v) is 1.89. The first-order chi connectivity index (χ1) is 10.2. The zero-order chi connectivity index (χ0) is 15.2. The molecule has 2 N–H and O–H groups in total. The van der Waals surface area contributed by atoms with Gasteiger partial charge in [0.05, 0.1) is 12.3 Å². The minimum Gasteiger partial charge on any atom is -0.491 e. The van der Waals surface area contributed by atoms with Gasteiger partial charge in [0.2, 0.25) is 0 Å². The fraction of sp³-hybridized carbons (Fsp3) is 0.357. The predicted molar refractivity (Wildman–Crippen MR) is 76.8 cm³/mol. The number of para-hydroxylation sites is 1. The monoisotopic (exact) mass is 290 g/mol. The molecule has 1 heterocycles. The quantitative estimate of drug-likeness (QED) is 0.642. The molecule has 0 amide bonds. The van der Waals surface area contributed by atoms with Crippen LogP contribution in [-0.4, -0.2) is 27.3 Å². The van der Waals surface area contributed by atoms with Crippen molar-refractivity contribution in [3.05, 3.63) is 35.9 Å². The van der Waals surface area contributed by atoms with Gasteiger partial charge in [-0.15, -0.1) is 0 Å². The lowest BCUT2D eigenvalue weighted by molar-refractivity contribution is 0.0452. The molecule has 0 unspecified atom stereocenters. The number of hydrogen-bond donors (Lipinski definition) is 1. The number of rotatable bonds is 6. The fourth-order valence-electron chi connectivity index (χ4n) is 1.89. The molecule has 1 aromatic carbocycles. The van der Waals surface area contributed by atoms with Gasteiger partial charge in [-0.05, 0) is 26.0 Å². The molecule has 0 radical (unpaired) electrons. The molecule has 0 saturated heterocycles. The van der Waals surface area contributed by atoms with Gasteiger partial charge in [-0.25, -0.2) is 14.5 Å². The van der Waals surface area contributed by atoms with Gasteiger partial charge in [0.15, 0.2) is 18.2 Å². The molecule has 0 atom stereocenters. The van der Waals surface area contributed by atoms with Gasteiger partial charge in [0.1, 0.15) is 11.9 Å². The first-order valence-electron chi connectivity index (χ1n) is 6.72. The molecular weight excluding hydrogens is 272 g/mol. The van der Waals surface area contributed by atoms with E-state index in [-0.39, 0.29) is 6.61 Å². The van der Waals surface area contributed by atoms with E-state index in [9.17, 15) is 4.79 Å². The maximum atomic E-state index is 12.2. The molecule has 21 heavy (non-hydrogen) atoms. The Balaban J connectivity index is 2.12. The van der Waals surface area contributed by atoms with Crippen LogP contribution in [0.25, 0.3) is 0 Å². The van der Waals surface area contributed by atoms with Crippen molar-refractivity contribution < 1.29 is 14.3 Å². The average molecular weight is 290 g/mol. The van der Waals surface area contributed by atoms with Crippen LogP contribution in [0.2, 0.25) is 0 Å². The highest BCUT2D eigenvalue weighted by atomic mass is 16.5. The number of esters is 1. The molecule has 1 aromatic heterocycles. The van der Waals surface area contributed by atoms with Gasteiger partial charge in [-0.3, -0.25) is 0 Å². The summed E-state index contributed by atoms with van der Waals surface area (Å²) in [7, 11) is 0. The third-order valence-electron chi connectivity index (χ3n) is 2.88. The van der Waals surface area contributed by atoms with Gasteiger partial charge in [-0.1, -0.05) is 6.07 Å². The summed E-state index contributed by atoms with van der Waals surface area (Å²) in [5.41, 5.74) is 6.53. The van der Waals surface area contributed by atoms with Gasteiger partial charge in [0.25, 0.3) is 0 Å². The Morgan fingerprint density at radius 3 is 2.90 bits per heavy atom. The number of ether oxygens (including phenoxy) is 2. The molecule has 0 fully saturated rings. The zero-order valence-electron chi connectivity index (χ0n) is 12.1. The van der Waals surface area contributed by atoms with Crippen LogP contribution in [0.15, 0.2) is 24.5 Å². The van der Waals surface area contributed by atoms with Crippen LogP contribution in [-0.2, 0) is 17.9 Å². The van der Waals surface area contributed by atoms with Gasteiger partial charge in [0, 0.05) is 6.54 Å². The maximum absolute atomic E-state index is 12.2. The Kier molecular flexibility index (Phi) is 4.76. The molecule has 0 saturated carbocycles. The highest BCUT2D eigenvalue weighted by Gasteiger charge is 2.17. The lowest BCUT2D eigenvalue weighted by Gasteiger charge is -2.12. The van der Waals surface area contributed by atoms with Gasteiger partial charge in [-0.2, -0.15) is 5.10 Å². The van der Waals surface area contributed by atoms with Crippen LogP contribution < -0.4 is 10.5 Å². The predicted octanol–water partition coefficient (Wildman–Crippen LogP) is 1.64. The SMILES string of the molecule is CCOc1c(N)cccc1C(=O)OCc1ncnn1CC. The lowest BCUT2D eigenvalue weighted by atomic mass is 10.2. The van der Waals surface area contributed by atoms with Crippen LogP contribution in [0.5, 0.6) is 5.75 Å². The van der Waals surface area contributed by atoms with Crippen molar-refractivity contribution in [3.8, 4) is 5.75 Å². The Morgan fingerprint density at radius 1 is 1.38 bits per heavy atom. The second-order valence-corrected chi connectivity index (χ2v) is 4.23. The van der Waals surface area contributed by atoms with E-state index >= 15 is 0 Å². The molecule has 0 spiro atoms. The van der Waals surface area contributed by atoms with Crippen LogP contribution in [0.4, 0.5) is 5.69 Å². The molecule has 2 rings (SSSR count). The summed E-state index contributed by atoms with van der Waals surface area (Å²) >= 11 is 0. The second-order valence-electron chi connectivity index (χ2n) is 4.23. The molecule has 7 heteroatoms. The molecule has 2 aromatic rings. The van der Waals surface area contributed by atoms with E-state index in [1.165, 1.54) is 6.33 Å². The number of hydrogen-bond acceptors (Lipinski definition) is 6. The van der Waals surface area contributed by atoms with Gasteiger partial charge >= 0.3 is 5.97 Å². The molecule has 0 bridgehead atoms. The van der Waals surface area contributed by atoms with Crippen LogP contribution in [0.1, 0.15) is 30.0 Å². The third kappa shape index (κ3) is 3.31. The van der Waals surface area contributed by atoms with Crippen LogP contribution in [0.3, 0.4) is 0 Å². The normalized spacial score (nSPS) is 10.4. The number of benzene rings is 1. The van der Waals surface area contributed by atoms with Crippen LogP contribution >= 0.6 is 0 Å². The Hall–Kier alpha value is -2.57. The molecule has 0 aliphatic carbocycles. The highest BCUT2D eigenvalue weighted by Crippen LogP contribution is 2.27. The molecule has 0 aliphatic heterocycles. The number of aryl methyl sites for hydroxylation is 1. The number of nitrogens with zero attached hydrogens (tertiary/aromatic N) is 3. The lowest BCUT2D eigenvalue weighted by Crippen LogP contribution is -2.12. The number of nitrogen functional groups attached to an aromatic ring is 1. The number of carbonyl (C=O) groups is 1. The van der Waals surface area contributed by atoms with Crippen molar-refractivity contribution in [2.45, 2.75) is 27.0 Å². The van der Waals surface area contributed by atoms with Crippen molar-refractivity contribution in [3.63, 3.8) is 0 Å². The Labute approximate surface area is 122 Å². The Morgan fingerprint density at radius 2 is 2.19 bits per heavy atom. The van der Waals surface area contributed by atoms with Crippen molar-refractivity contribution in [2.24, 2.45) is 0 Å². The smallest absolute Gasteiger partial charge is 0.342 e. The van der Waals surface area contributed by atoms with E-state index in [4.69, 9.17) is 15.2 Å². The zero-order valence-corrected chi connectivity index (χ0v) is 12.1. The number of aromatic nitrogens is 3. The standard InChI is InChI=1S/C14H18N4O3/c1-3-18-12(16-9-17-18)8-21-14(19)10-6-5-7-11(15)13(10)20-4-2/h5-7,9H,3-4,8,15H2,1-2H3. The van der Waals surface area contributed by atoms with E-state index in [1.807, 2.05) is 13.8 Å². The topological polar surface area (TPSA) is 92.3 Å². The summed E-state index contributed by atoms with van der Waals surface area (Å²) in [4.78, 5) is 16.2. The van der Waals surface area contributed by atoms with E-state index in [0.717, 1.165) is 0 Å². The minimum absolute atomic E-state index is 0.0486. The third-order valence-corrected chi connectivity index (χ3v) is 2.88. The molecule has 0 aliphatic rings. The molecular formula is C14H18N4O3. The summed E-state index contributed by atoms with van der Waals surface area (Å²) in [5.74, 6) is 0.436. The van der Waals surface area contributed by atoms with Crippen LogP contribution in [0, 0.1) is 0 Å². The summed E-state index contributed by atoms with van der Waals surface area (Å²) in [6.45, 7) is 4.89. The highest BCUT2D eigenvalue weighted by molar-refractivity contribution is 5.94.